The lowest BCUT2D eigenvalue weighted by Gasteiger charge is -2.16. The van der Waals surface area contributed by atoms with Gasteiger partial charge in [0.15, 0.2) is 0 Å². The van der Waals surface area contributed by atoms with Gasteiger partial charge in [0.25, 0.3) is 0 Å². The van der Waals surface area contributed by atoms with Crippen LogP contribution < -0.4 is 5.32 Å². The van der Waals surface area contributed by atoms with Crippen LogP contribution in [0.5, 0.6) is 0 Å². The number of rotatable bonds is 4. The maximum atomic E-state index is 4.70. The van der Waals surface area contributed by atoms with Crippen molar-refractivity contribution in [1.82, 2.24) is 15.3 Å². The van der Waals surface area contributed by atoms with Gasteiger partial charge in [0.1, 0.15) is 5.01 Å². The Morgan fingerprint density at radius 3 is 2.78 bits per heavy atom. The molecule has 3 nitrogen and oxygen atoms in total. The Morgan fingerprint density at radius 1 is 1.39 bits per heavy atom. The molecule has 1 aliphatic carbocycles. The van der Waals surface area contributed by atoms with Crippen molar-refractivity contribution >= 4 is 11.3 Å². The van der Waals surface area contributed by atoms with Crippen molar-refractivity contribution in [3.05, 3.63) is 45.7 Å². The van der Waals surface area contributed by atoms with Crippen LogP contribution in [0.25, 0.3) is 0 Å². The van der Waals surface area contributed by atoms with Crippen LogP contribution in [-0.2, 0) is 0 Å². The Labute approximate surface area is 111 Å². The summed E-state index contributed by atoms with van der Waals surface area (Å²) in [6, 6.07) is 4.96. The van der Waals surface area contributed by atoms with E-state index in [1.165, 1.54) is 23.3 Å². The van der Waals surface area contributed by atoms with Crippen LogP contribution in [0.2, 0.25) is 0 Å². The molecule has 1 fully saturated rings. The minimum atomic E-state index is 0.198. The molecular weight excluding hydrogens is 242 g/mol. The van der Waals surface area contributed by atoms with E-state index in [2.05, 4.69) is 30.2 Å². The second kappa shape index (κ2) is 4.78. The second-order valence-electron chi connectivity index (χ2n) is 4.85. The van der Waals surface area contributed by atoms with Gasteiger partial charge < -0.3 is 5.32 Å². The molecule has 1 aliphatic rings. The van der Waals surface area contributed by atoms with Crippen molar-refractivity contribution in [3.8, 4) is 0 Å². The van der Waals surface area contributed by atoms with E-state index in [1.54, 1.807) is 11.3 Å². The molecule has 0 amide bonds. The van der Waals surface area contributed by atoms with E-state index in [1.807, 2.05) is 18.5 Å². The molecule has 1 N–H and O–H groups in total. The van der Waals surface area contributed by atoms with E-state index in [0.29, 0.717) is 6.04 Å². The summed E-state index contributed by atoms with van der Waals surface area (Å²) in [5.74, 6) is 0. The zero-order chi connectivity index (χ0) is 12.5. The van der Waals surface area contributed by atoms with Gasteiger partial charge in [-0.25, -0.2) is 4.98 Å². The lowest BCUT2D eigenvalue weighted by molar-refractivity contribution is 0.595. The first kappa shape index (κ1) is 11.8. The minimum Gasteiger partial charge on any atom is -0.301 e. The molecule has 94 valence electrons. The van der Waals surface area contributed by atoms with Crippen LogP contribution in [0.15, 0.2) is 24.5 Å². The SMILES string of the molecule is Cc1nc(C(NC2CC2)c2cccnc2)sc1C. The Hall–Kier alpha value is -1.26. The largest absolute Gasteiger partial charge is 0.301 e. The Morgan fingerprint density at radius 2 is 2.22 bits per heavy atom. The van der Waals surface area contributed by atoms with Crippen molar-refractivity contribution in [2.24, 2.45) is 0 Å². The van der Waals surface area contributed by atoms with Gasteiger partial charge in [-0.1, -0.05) is 6.07 Å². The zero-order valence-corrected chi connectivity index (χ0v) is 11.5. The summed E-state index contributed by atoms with van der Waals surface area (Å²) in [6.45, 7) is 4.21. The van der Waals surface area contributed by atoms with Crippen molar-refractivity contribution < 1.29 is 0 Å². The highest BCUT2D eigenvalue weighted by Gasteiger charge is 2.28. The summed E-state index contributed by atoms with van der Waals surface area (Å²) < 4.78 is 0. The zero-order valence-electron chi connectivity index (χ0n) is 10.7. The van der Waals surface area contributed by atoms with E-state index < -0.39 is 0 Å². The summed E-state index contributed by atoms with van der Waals surface area (Å²) >= 11 is 1.79. The number of aromatic nitrogens is 2. The quantitative estimate of drug-likeness (QED) is 0.917. The predicted molar refractivity (Wildman–Crippen MR) is 73.8 cm³/mol. The number of nitrogens with zero attached hydrogens (tertiary/aromatic N) is 2. The molecule has 1 unspecified atom stereocenters. The molecule has 2 heterocycles. The Balaban J connectivity index is 1.94. The molecule has 2 aromatic rings. The molecule has 18 heavy (non-hydrogen) atoms. The van der Waals surface area contributed by atoms with Gasteiger partial charge >= 0.3 is 0 Å². The van der Waals surface area contributed by atoms with E-state index >= 15 is 0 Å². The van der Waals surface area contributed by atoms with Gasteiger partial charge in [-0.15, -0.1) is 11.3 Å². The summed E-state index contributed by atoms with van der Waals surface area (Å²) in [5.41, 5.74) is 2.35. The Bertz CT molecular complexity index is 512. The van der Waals surface area contributed by atoms with Gasteiger partial charge in [0.05, 0.1) is 11.7 Å². The molecule has 0 radical (unpaired) electrons. The van der Waals surface area contributed by atoms with Crippen molar-refractivity contribution in [2.45, 2.75) is 38.8 Å². The molecule has 0 spiro atoms. The van der Waals surface area contributed by atoms with Crippen LogP contribution in [0, 0.1) is 13.8 Å². The molecule has 4 heteroatoms. The monoisotopic (exact) mass is 259 g/mol. The molecule has 2 aromatic heterocycles. The molecular formula is C14H17N3S. The van der Waals surface area contributed by atoms with Crippen LogP contribution in [-0.4, -0.2) is 16.0 Å². The van der Waals surface area contributed by atoms with Crippen molar-refractivity contribution in [3.63, 3.8) is 0 Å². The third kappa shape index (κ3) is 2.44. The smallest absolute Gasteiger partial charge is 0.115 e. The number of hydrogen-bond donors (Lipinski definition) is 1. The van der Waals surface area contributed by atoms with Gasteiger partial charge in [-0.3, -0.25) is 4.98 Å². The molecule has 0 aromatic carbocycles. The number of nitrogens with one attached hydrogen (secondary N) is 1. The van der Waals surface area contributed by atoms with Crippen molar-refractivity contribution in [2.75, 3.05) is 0 Å². The lowest BCUT2D eigenvalue weighted by Crippen LogP contribution is -2.24. The average molecular weight is 259 g/mol. The first-order valence-electron chi connectivity index (χ1n) is 6.34. The fraction of sp³-hybridized carbons (Fsp3) is 0.429. The number of aryl methyl sites for hydroxylation is 2. The van der Waals surface area contributed by atoms with Crippen molar-refractivity contribution in [1.29, 1.82) is 0 Å². The number of thiazole rings is 1. The lowest BCUT2D eigenvalue weighted by atomic mass is 10.1. The molecule has 1 atom stereocenters. The second-order valence-corrected chi connectivity index (χ2v) is 6.09. The van der Waals surface area contributed by atoms with E-state index in [4.69, 9.17) is 4.98 Å². The van der Waals surface area contributed by atoms with Gasteiger partial charge in [0, 0.05) is 23.3 Å². The first-order valence-corrected chi connectivity index (χ1v) is 7.15. The summed E-state index contributed by atoms with van der Waals surface area (Å²) in [5, 5.41) is 4.83. The topological polar surface area (TPSA) is 37.8 Å². The molecule has 0 bridgehead atoms. The highest BCUT2D eigenvalue weighted by atomic mass is 32.1. The van der Waals surface area contributed by atoms with E-state index in [9.17, 15) is 0 Å². The predicted octanol–water partition coefficient (Wildman–Crippen LogP) is 3.00. The maximum absolute atomic E-state index is 4.70. The van der Waals surface area contributed by atoms with Gasteiger partial charge in [-0.2, -0.15) is 0 Å². The van der Waals surface area contributed by atoms with E-state index in [-0.39, 0.29) is 6.04 Å². The van der Waals surface area contributed by atoms with Crippen LogP contribution in [0.3, 0.4) is 0 Å². The van der Waals surface area contributed by atoms with Crippen LogP contribution >= 0.6 is 11.3 Å². The van der Waals surface area contributed by atoms with E-state index in [0.717, 1.165) is 10.7 Å². The maximum Gasteiger partial charge on any atom is 0.115 e. The van der Waals surface area contributed by atoms with Crippen LogP contribution in [0.1, 0.15) is 40.0 Å². The average Bonchev–Trinajstić information content (AvgIpc) is 3.14. The van der Waals surface area contributed by atoms with Crippen LogP contribution in [0.4, 0.5) is 0 Å². The minimum absolute atomic E-state index is 0.198. The van der Waals surface area contributed by atoms with Gasteiger partial charge in [0.2, 0.25) is 0 Å². The standard InChI is InChI=1S/C14H17N3S/c1-9-10(2)18-14(16-9)13(17-12-5-6-12)11-4-3-7-15-8-11/h3-4,7-8,12-13,17H,5-6H2,1-2H3. The molecule has 0 saturated heterocycles. The fourth-order valence-corrected chi connectivity index (χ4v) is 2.98. The summed E-state index contributed by atoms with van der Waals surface area (Å²) in [6.07, 6.45) is 6.31. The summed E-state index contributed by atoms with van der Waals surface area (Å²) in [4.78, 5) is 10.2. The highest BCUT2D eigenvalue weighted by Crippen LogP contribution is 2.31. The third-order valence-corrected chi connectivity index (χ3v) is 4.43. The third-order valence-electron chi connectivity index (χ3n) is 3.29. The summed E-state index contributed by atoms with van der Waals surface area (Å²) in [7, 11) is 0. The normalized spacial score (nSPS) is 16.8. The number of pyridine rings is 1. The highest BCUT2D eigenvalue weighted by molar-refractivity contribution is 7.11. The Kier molecular flexibility index (Phi) is 3.14. The van der Waals surface area contributed by atoms with Gasteiger partial charge in [-0.05, 0) is 38.3 Å². The molecule has 1 saturated carbocycles. The first-order chi connectivity index (χ1) is 8.74. The molecule has 3 rings (SSSR count). The number of hydrogen-bond acceptors (Lipinski definition) is 4. The molecule has 0 aliphatic heterocycles. The fourth-order valence-electron chi connectivity index (χ4n) is 1.96.